The first kappa shape index (κ1) is 37.3. The van der Waals surface area contributed by atoms with Crippen LogP contribution in [0.1, 0.15) is 86.0 Å². The van der Waals surface area contributed by atoms with E-state index in [4.69, 9.17) is 14.8 Å². The number of benzene rings is 4. The summed E-state index contributed by atoms with van der Waals surface area (Å²) in [7, 11) is 0. The number of unbranched alkanes of at least 4 members (excludes halogenated alkanes) is 4. The Kier molecular flexibility index (Phi) is 11.8. The second-order valence-corrected chi connectivity index (χ2v) is 14.0. The molecule has 0 saturated heterocycles. The van der Waals surface area contributed by atoms with Gasteiger partial charge in [-0.1, -0.05) is 81.8 Å². The smallest absolute Gasteiger partial charge is 0.509 e. The number of hydrogen-bond donors (Lipinski definition) is 0. The average Bonchev–Trinajstić information content (AvgIpc) is 3.65. The summed E-state index contributed by atoms with van der Waals surface area (Å²) < 4.78 is 10.9. The monoisotopic (exact) mass is 778 g/mol. The minimum absolute atomic E-state index is 0. The van der Waals surface area contributed by atoms with E-state index in [0.29, 0.717) is 11.5 Å². The van der Waals surface area contributed by atoms with Crippen LogP contribution in [0.4, 0.5) is 0 Å². The molecule has 0 aliphatic heterocycles. The molecule has 0 spiro atoms. The minimum Gasteiger partial charge on any atom is -0.509 e. The van der Waals surface area contributed by atoms with Gasteiger partial charge in [0.05, 0.1) is 5.69 Å². The van der Waals surface area contributed by atoms with Crippen LogP contribution in [0.2, 0.25) is 0 Å². The number of hydrogen-bond acceptors (Lipinski definition) is 3. The summed E-state index contributed by atoms with van der Waals surface area (Å²) in [5, 5.41) is 7.59. The van der Waals surface area contributed by atoms with Crippen LogP contribution in [0.5, 0.6) is 11.5 Å². The third kappa shape index (κ3) is 7.52. The van der Waals surface area contributed by atoms with E-state index < -0.39 is 0 Å². The van der Waals surface area contributed by atoms with Crippen LogP contribution in [0, 0.1) is 39.8 Å². The van der Waals surface area contributed by atoms with Crippen molar-refractivity contribution in [1.82, 2.24) is 19.3 Å². The maximum Gasteiger partial charge on any atom is 2.00 e. The Hall–Kier alpha value is -4.50. The number of aromatic nitrogens is 4. The van der Waals surface area contributed by atoms with Crippen LogP contribution < -0.4 is 4.74 Å². The van der Waals surface area contributed by atoms with Crippen molar-refractivity contribution < 1.29 is 25.2 Å². The molecular weight excluding hydrogens is 731 g/mol. The Morgan fingerprint density at radius 3 is 2.25 bits per heavy atom. The Balaban J connectivity index is 0.00000464. The molecule has 6 heteroatoms. The number of nitrogens with zero attached hydrogens (tertiary/aromatic N) is 4. The first-order chi connectivity index (χ1) is 24.9. The molecule has 0 amide bonds. The van der Waals surface area contributed by atoms with Gasteiger partial charge in [-0.05, 0) is 104 Å². The molecule has 5 nitrogen and oxygen atoms in total. The third-order valence-corrected chi connectivity index (χ3v) is 10.2. The number of aryl methyl sites for hydroxylation is 4. The van der Waals surface area contributed by atoms with Gasteiger partial charge in [0.2, 0.25) is 0 Å². The standard InChI is InChI=1S/C46H48N4O.Pd/c1-7-9-10-11-12-21-43-46(35-27-32(4)34(6)33(5)28-35)41(16-8-2)48-50(43)36-17-15-18-37(29-36)51-38-22-23-40-39-19-13-14-20-42(39)49(44(40)30-38)45-26-31(3)24-25-47-45;/h13-15,17-20,22-28H,7-12,16,21H2,1-6H3;/q-2;+2. The van der Waals surface area contributed by atoms with E-state index in [1.807, 2.05) is 30.5 Å². The summed E-state index contributed by atoms with van der Waals surface area (Å²) in [6, 6.07) is 34.7. The molecule has 0 fully saturated rings. The second kappa shape index (κ2) is 16.5. The molecule has 0 atom stereocenters. The molecule has 7 rings (SSSR count). The molecular formula is C46H48N4OPd. The summed E-state index contributed by atoms with van der Waals surface area (Å²) in [6.45, 7) is 13.3. The minimum atomic E-state index is 0. The molecule has 268 valence electrons. The Bertz CT molecular complexity index is 2310. The van der Waals surface area contributed by atoms with Gasteiger partial charge >= 0.3 is 20.4 Å². The van der Waals surface area contributed by atoms with Crippen molar-refractivity contribution in [2.45, 2.75) is 92.9 Å². The van der Waals surface area contributed by atoms with Gasteiger partial charge in [0.15, 0.2) is 0 Å². The van der Waals surface area contributed by atoms with Gasteiger partial charge in [0, 0.05) is 34.5 Å². The van der Waals surface area contributed by atoms with Crippen LogP contribution >= 0.6 is 0 Å². The molecule has 52 heavy (non-hydrogen) atoms. The molecule has 7 aromatic rings. The van der Waals surface area contributed by atoms with E-state index in [2.05, 4.69) is 118 Å². The molecule has 3 heterocycles. The van der Waals surface area contributed by atoms with Crippen molar-refractivity contribution >= 4 is 21.8 Å². The maximum atomic E-state index is 6.55. The summed E-state index contributed by atoms with van der Waals surface area (Å²) in [4.78, 5) is 4.73. The molecule has 4 aromatic carbocycles. The van der Waals surface area contributed by atoms with Crippen molar-refractivity contribution in [3.8, 4) is 34.1 Å². The van der Waals surface area contributed by atoms with Crippen LogP contribution in [0.25, 0.3) is 44.4 Å². The van der Waals surface area contributed by atoms with Crippen LogP contribution in [0.15, 0.2) is 85.1 Å². The summed E-state index contributed by atoms with van der Waals surface area (Å²) in [5.74, 6) is 2.12. The predicted molar refractivity (Wildman–Crippen MR) is 211 cm³/mol. The number of ether oxygens (including phenoxy) is 1. The largest absolute Gasteiger partial charge is 2.00 e. The molecule has 3 aromatic heterocycles. The number of pyridine rings is 1. The molecule has 0 unspecified atom stereocenters. The van der Waals surface area contributed by atoms with Crippen molar-refractivity contribution in [2.75, 3.05) is 0 Å². The molecule has 0 radical (unpaired) electrons. The maximum absolute atomic E-state index is 6.55. The van der Waals surface area contributed by atoms with Crippen LogP contribution in [0.3, 0.4) is 0 Å². The quantitative estimate of drug-likeness (QED) is 0.0665. The van der Waals surface area contributed by atoms with E-state index in [-0.39, 0.29) is 20.4 Å². The van der Waals surface area contributed by atoms with Gasteiger partial charge in [0.1, 0.15) is 5.82 Å². The van der Waals surface area contributed by atoms with Gasteiger partial charge < -0.3 is 9.30 Å². The third-order valence-electron chi connectivity index (χ3n) is 10.2. The van der Waals surface area contributed by atoms with Crippen molar-refractivity contribution in [3.05, 3.63) is 131 Å². The molecule has 0 N–H and O–H groups in total. The number of fused-ring (bicyclic) bond motifs is 3. The summed E-state index contributed by atoms with van der Waals surface area (Å²) in [6.07, 6.45) is 10.9. The van der Waals surface area contributed by atoms with Gasteiger partial charge in [0.25, 0.3) is 0 Å². The van der Waals surface area contributed by atoms with E-state index in [1.165, 1.54) is 59.2 Å². The Morgan fingerprint density at radius 2 is 1.48 bits per heavy atom. The van der Waals surface area contributed by atoms with Crippen molar-refractivity contribution in [2.24, 2.45) is 0 Å². The first-order valence-electron chi connectivity index (χ1n) is 18.6. The van der Waals surface area contributed by atoms with Gasteiger partial charge in [-0.3, -0.25) is 4.68 Å². The summed E-state index contributed by atoms with van der Waals surface area (Å²) in [5.41, 5.74) is 13.0. The molecule has 0 bridgehead atoms. The fourth-order valence-electron chi connectivity index (χ4n) is 7.31. The first-order valence-corrected chi connectivity index (χ1v) is 18.6. The van der Waals surface area contributed by atoms with Crippen LogP contribution in [-0.4, -0.2) is 19.3 Å². The Labute approximate surface area is 322 Å². The second-order valence-electron chi connectivity index (χ2n) is 14.0. The topological polar surface area (TPSA) is 44.9 Å². The fraction of sp³-hybridized carbons (Fsp3) is 0.304. The van der Waals surface area contributed by atoms with Crippen molar-refractivity contribution in [1.29, 1.82) is 0 Å². The van der Waals surface area contributed by atoms with E-state index in [1.54, 1.807) is 0 Å². The van der Waals surface area contributed by atoms with E-state index in [9.17, 15) is 0 Å². The van der Waals surface area contributed by atoms with E-state index in [0.717, 1.165) is 70.3 Å². The zero-order valence-electron chi connectivity index (χ0n) is 31.3. The van der Waals surface area contributed by atoms with Crippen molar-refractivity contribution in [3.63, 3.8) is 0 Å². The molecule has 0 aliphatic carbocycles. The SMILES string of the molecule is CCCCCCCc1c(-c2cc(C)c(C)c(C)c2)c(CCC)nn1-c1[c-]c(Oc2[c-]c3c(cc2)c2ccccc2n3-c2cc(C)ccn2)ccc1.[Pd+2]. The number of rotatable bonds is 13. The zero-order chi connectivity index (χ0) is 35.5. The average molecular weight is 779 g/mol. The molecule has 0 saturated carbocycles. The normalized spacial score (nSPS) is 11.3. The van der Waals surface area contributed by atoms with Gasteiger partial charge in [-0.2, -0.15) is 17.2 Å². The zero-order valence-corrected chi connectivity index (χ0v) is 32.8. The van der Waals surface area contributed by atoms with Crippen LogP contribution in [-0.2, 0) is 33.3 Å². The van der Waals surface area contributed by atoms with Gasteiger partial charge in [-0.15, -0.1) is 35.7 Å². The van der Waals surface area contributed by atoms with E-state index >= 15 is 0 Å². The fourth-order valence-corrected chi connectivity index (χ4v) is 7.31. The molecule has 0 aliphatic rings. The number of para-hydroxylation sites is 1. The predicted octanol–water partition coefficient (Wildman–Crippen LogP) is 12.1. The van der Waals surface area contributed by atoms with Gasteiger partial charge in [-0.25, -0.2) is 4.98 Å². The Morgan fingerprint density at radius 1 is 0.712 bits per heavy atom. The summed E-state index contributed by atoms with van der Waals surface area (Å²) >= 11 is 0.